The van der Waals surface area contributed by atoms with Crippen LogP contribution < -0.4 is 10.6 Å². The van der Waals surface area contributed by atoms with Crippen molar-refractivity contribution >= 4 is 22.8 Å². The summed E-state index contributed by atoms with van der Waals surface area (Å²) in [4.78, 5) is 22.1. The number of hydrogen-bond donors (Lipinski definition) is 3. The summed E-state index contributed by atoms with van der Waals surface area (Å²) in [6.07, 6.45) is 2.54. The van der Waals surface area contributed by atoms with E-state index >= 15 is 0 Å². The number of urea groups is 1. The average molecular weight is 363 g/mol. The van der Waals surface area contributed by atoms with E-state index in [0.717, 1.165) is 53.3 Å². The molecule has 0 bridgehead atoms. The molecule has 0 spiro atoms. The van der Waals surface area contributed by atoms with Gasteiger partial charge in [-0.25, -0.2) is 9.78 Å². The summed E-state index contributed by atoms with van der Waals surface area (Å²) in [5.74, 6) is 0.914. The van der Waals surface area contributed by atoms with Crippen molar-refractivity contribution in [2.45, 2.75) is 19.8 Å². The fourth-order valence-electron chi connectivity index (χ4n) is 3.57. The number of H-pyrrole nitrogens is 1. The van der Waals surface area contributed by atoms with Gasteiger partial charge in [-0.05, 0) is 68.2 Å². The Balaban J connectivity index is 1.34. The van der Waals surface area contributed by atoms with Crippen molar-refractivity contribution in [2.75, 3.05) is 31.5 Å². The predicted molar refractivity (Wildman–Crippen MR) is 109 cm³/mol. The Morgan fingerprint density at radius 1 is 1.11 bits per heavy atom. The number of amides is 2. The van der Waals surface area contributed by atoms with E-state index in [2.05, 4.69) is 37.6 Å². The SMILES string of the molecule is Cc1nc2ccc(-c3ccc(NC(=O)NCCN4CCCC4)cc3)cc2[nH]1. The first-order valence-corrected chi connectivity index (χ1v) is 9.51. The molecule has 3 N–H and O–H groups in total. The minimum atomic E-state index is -0.156. The highest BCUT2D eigenvalue weighted by molar-refractivity contribution is 5.89. The van der Waals surface area contributed by atoms with E-state index < -0.39 is 0 Å². The van der Waals surface area contributed by atoms with Gasteiger partial charge in [0.05, 0.1) is 11.0 Å². The molecular weight excluding hydrogens is 338 g/mol. The van der Waals surface area contributed by atoms with Crippen LogP contribution in [0.25, 0.3) is 22.2 Å². The van der Waals surface area contributed by atoms with Gasteiger partial charge in [0.25, 0.3) is 0 Å². The van der Waals surface area contributed by atoms with E-state index in [-0.39, 0.29) is 6.03 Å². The summed E-state index contributed by atoms with van der Waals surface area (Å²) >= 11 is 0. The van der Waals surface area contributed by atoms with Gasteiger partial charge in [-0.15, -0.1) is 0 Å². The van der Waals surface area contributed by atoms with Crippen LogP contribution in [-0.2, 0) is 0 Å². The Labute approximate surface area is 159 Å². The molecule has 2 aromatic carbocycles. The van der Waals surface area contributed by atoms with E-state index in [1.807, 2.05) is 37.3 Å². The molecule has 1 aliphatic rings. The Kier molecular flexibility index (Phi) is 5.07. The molecule has 1 aromatic heterocycles. The Bertz CT molecular complexity index is 925. The van der Waals surface area contributed by atoms with Crippen molar-refractivity contribution in [3.8, 4) is 11.1 Å². The van der Waals surface area contributed by atoms with Crippen LogP contribution in [0.3, 0.4) is 0 Å². The van der Waals surface area contributed by atoms with Crippen LogP contribution in [0.5, 0.6) is 0 Å². The van der Waals surface area contributed by atoms with Gasteiger partial charge in [-0.2, -0.15) is 0 Å². The zero-order valence-corrected chi connectivity index (χ0v) is 15.6. The molecule has 0 unspecified atom stereocenters. The average Bonchev–Trinajstić information content (AvgIpc) is 3.30. The van der Waals surface area contributed by atoms with E-state index in [0.29, 0.717) is 6.54 Å². The van der Waals surface area contributed by atoms with Crippen LogP contribution in [0, 0.1) is 6.92 Å². The lowest BCUT2D eigenvalue weighted by Crippen LogP contribution is -2.35. The molecule has 4 rings (SSSR count). The Morgan fingerprint density at radius 3 is 2.63 bits per heavy atom. The predicted octanol–water partition coefficient (Wildman–Crippen LogP) is 3.76. The summed E-state index contributed by atoms with van der Waals surface area (Å²) in [7, 11) is 0. The number of fused-ring (bicyclic) bond motifs is 1. The molecule has 6 nitrogen and oxygen atoms in total. The zero-order chi connectivity index (χ0) is 18.6. The largest absolute Gasteiger partial charge is 0.342 e. The third-order valence-corrected chi connectivity index (χ3v) is 4.99. The minimum Gasteiger partial charge on any atom is -0.342 e. The first-order valence-electron chi connectivity index (χ1n) is 9.51. The first-order chi connectivity index (χ1) is 13.2. The van der Waals surface area contributed by atoms with Crippen LogP contribution in [0.1, 0.15) is 18.7 Å². The van der Waals surface area contributed by atoms with E-state index in [1.165, 1.54) is 12.8 Å². The van der Waals surface area contributed by atoms with Gasteiger partial charge in [-0.3, -0.25) is 0 Å². The van der Waals surface area contributed by atoms with Crippen LogP contribution in [0.2, 0.25) is 0 Å². The van der Waals surface area contributed by atoms with Crippen molar-refractivity contribution in [3.05, 3.63) is 48.3 Å². The normalized spacial score (nSPS) is 14.6. The lowest BCUT2D eigenvalue weighted by Gasteiger charge is -2.15. The van der Waals surface area contributed by atoms with Gasteiger partial charge < -0.3 is 20.5 Å². The maximum atomic E-state index is 12.0. The number of aromatic nitrogens is 2. The smallest absolute Gasteiger partial charge is 0.319 e. The molecule has 140 valence electrons. The number of nitrogens with one attached hydrogen (secondary N) is 3. The number of benzene rings is 2. The third kappa shape index (κ3) is 4.28. The van der Waals surface area contributed by atoms with E-state index in [1.54, 1.807) is 0 Å². The second kappa shape index (κ2) is 7.80. The van der Waals surface area contributed by atoms with Crippen LogP contribution in [-0.4, -0.2) is 47.1 Å². The molecule has 2 amide bonds. The molecule has 0 radical (unpaired) electrons. The number of likely N-dealkylation sites (tertiary alicyclic amines) is 1. The standard InChI is InChI=1S/C21H25N5O/c1-15-23-19-9-6-17(14-20(19)24-15)16-4-7-18(8-5-16)25-21(27)22-10-13-26-11-2-3-12-26/h4-9,14H,2-3,10-13H2,1H3,(H,23,24)(H2,22,25,27). The van der Waals surface area contributed by atoms with Crippen LogP contribution in [0.4, 0.5) is 10.5 Å². The number of hydrogen-bond acceptors (Lipinski definition) is 3. The molecule has 0 atom stereocenters. The first kappa shape index (κ1) is 17.5. The van der Waals surface area contributed by atoms with Gasteiger partial charge in [-0.1, -0.05) is 18.2 Å². The number of nitrogens with zero attached hydrogens (tertiary/aromatic N) is 2. The Hall–Kier alpha value is -2.86. The third-order valence-electron chi connectivity index (χ3n) is 4.99. The van der Waals surface area contributed by atoms with Crippen LogP contribution in [0.15, 0.2) is 42.5 Å². The molecule has 1 aliphatic heterocycles. The fourth-order valence-corrected chi connectivity index (χ4v) is 3.57. The van der Waals surface area contributed by atoms with Crippen molar-refractivity contribution in [2.24, 2.45) is 0 Å². The number of aromatic amines is 1. The van der Waals surface area contributed by atoms with Crippen molar-refractivity contribution in [1.82, 2.24) is 20.2 Å². The molecule has 0 saturated carbocycles. The quantitative estimate of drug-likeness (QED) is 0.646. The Morgan fingerprint density at radius 2 is 1.85 bits per heavy atom. The highest BCUT2D eigenvalue weighted by atomic mass is 16.2. The van der Waals surface area contributed by atoms with Gasteiger partial charge >= 0.3 is 6.03 Å². The number of aryl methyl sites for hydroxylation is 1. The van der Waals surface area contributed by atoms with Crippen LogP contribution >= 0.6 is 0 Å². The van der Waals surface area contributed by atoms with Gasteiger partial charge in [0, 0.05) is 18.8 Å². The molecule has 6 heteroatoms. The van der Waals surface area contributed by atoms with E-state index in [4.69, 9.17) is 0 Å². The summed E-state index contributed by atoms with van der Waals surface area (Å²) in [6, 6.07) is 13.9. The highest BCUT2D eigenvalue weighted by Gasteiger charge is 2.11. The summed E-state index contributed by atoms with van der Waals surface area (Å²) in [5, 5.41) is 5.82. The molecule has 27 heavy (non-hydrogen) atoms. The van der Waals surface area contributed by atoms with Crippen molar-refractivity contribution in [1.29, 1.82) is 0 Å². The lowest BCUT2D eigenvalue weighted by molar-refractivity contribution is 0.249. The molecular formula is C21H25N5O. The number of imidazole rings is 1. The molecule has 1 saturated heterocycles. The fraction of sp³-hybridized carbons (Fsp3) is 0.333. The summed E-state index contributed by atoms with van der Waals surface area (Å²) in [5.41, 5.74) is 5.01. The number of anilines is 1. The van der Waals surface area contributed by atoms with E-state index in [9.17, 15) is 4.79 Å². The number of carbonyl (C=O) groups is 1. The maximum Gasteiger partial charge on any atom is 0.319 e. The second-order valence-electron chi connectivity index (χ2n) is 7.06. The topological polar surface area (TPSA) is 73.1 Å². The van der Waals surface area contributed by atoms with Gasteiger partial charge in [0.1, 0.15) is 5.82 Å². The molecule has 0 aliphatic carbocycles. The molecule has 1 fully saturated rings. The number of rotatable bonds is 5. The second-order valence-corrected chi connectivity index (χ2v) is 7.06. The monoisotopic (exact) mass is 363 g/mol. The lowest BCUT2D eigenvalue weighted by atomic mass is 10.0. The zero-order valence-electron chi connectivity index (χ0n) is 15.6. The molecule has 2 heterocycles. The van der Waals surface area contributed by atoms with Gasteiger partial charge in [0.2, 0.25) is 0 Å². The molecule has 3 aromatic rings. The van der Waals surface area contributed by atoms with Gasteiger partial charge in [0.15, 0.2) is 0 Å². The van der Waals surface area contributed by atoms with Crippen molar-refractivity contribution < 1.29 is 4.79 Å². The van der Waals surface area contributed by atoms with Crippen molar-refractivity contribution in [3.63, 3.8) is 0 Å². The number of carbonyl (C=O) groups excluding carboxylic acids is 1. The summed E-state index contributed by atoms with van der Waals surface area (Å²) in [6.45, 7) is 5.84. The minimum absolute atomic E-state index is 0.156. The summed E-state index contributed by atoms with van der Waals surface area (Å²) < 4.78 is 0. The highest BCUT2D eigenvalue weighted by Crippen LogP contribution is 2.24. The maximum absolute atomic E-state index is 12.0.